The van der Waals surface area contributed by atoms with Crippen molar-refractivity contribution in [1.29, 1.82) is 0 Å². The van der Waals surface area contributed by atoms with Crippen molar-refractivity contribution in [2.75, 3.05) is 26.3 Å². The minimum atomic E-state index is -0.403. The van der Waals surface area contributed by atoms with E-state index in [0.717, 1.165) is 38.8 Å². The minimum absolute atomic E-state index is 0.250. The Labute approximate surface area is 145 Å². The van der Waals surface area contributed by atoms with E-state index in [1.54, 1.807) is 0 Å². The molecule has 0 radical (unpaired) electrons. The van der Waals surface area contributed by atoms with E-state index in [1.165, 1.54) is 32.1 Å². The highest BCUT2D eigenvalue weighted by molar-refractivity contribution is 5.16. The number of rotatable bonds is 3. The van der Waals surface area contributed by atoms with Gasteiger partial charge in [-0.1, -0.05) is 6.42 Å². The first-order chi connectivity index (χ1) is 11.6. The topological polar surface area (TPSA) is 43.0 Å². The van der Waals surface area contributed by atoms with Gasteiger partial charge in [0.25, 0.3) is 0 Å². The lowest BCUT2D eigenvalue weighted by Gasteiger charge is -2.65. The van der Waals surface area contributed by atoms with Crippen LogP contribution in [-0.4, -0.2) is 67.3 Å². The van der Waals surface area contributed by atoms with Crippen LogP contribution in [0.5, 0.6) is 0 Å². The highest BCUT2D eigenvalue weighted by atomic mass is 16.8. The molecule has 3 aliphatic carbocycles. The molecule has 24 heavy (non-hydrogen) atoms. The van der Waals surface area contributed by atoms with Gasteiger partial charge in [-0.15, -0.1) is 0 Å². The van der Waals surface area contributed by atoms with E-state index in [0.29, 0.717) is 23.6 Å². The molecule has 1 spiro atoms. The van der Waals surface area contributed by atoms with Crippen molar-refractivity contribution >= 4 is 0 Å². The van der Waals surface area contributed by atoms with Crippen molar-refractivity contribution in [3.8, 4) is 0 Å². The largest absolute Gasteiger partial charge is 0.379 e. The van der Waals surface area contributed by atoms with Gasteiger partial charge >= 0.3 is 0 Å². The summed E-state index contributed by atoms with van der Waals surface area (Å²) in [5, 5.41) is 4.02. The molecule has 5 heteroatoms. The predicted molar refractivity (Wildman–Crippen MR) is 90.9 cm³/mol. The van der Waals surface area contributed by atoms with Gasteiger partial charge in [-0.3, -0.25) is 4.90 Å². The van der Waals surface area contributed by atoms with E-state index in [4.69, 9.17) is 14.2 Å². The fourth-order valence-corrected chi connectivity index (χ4v) is 6.04. The zero-order valence-electron chi connectivity index (χ0n) is 15.1. The first-order valence-corrected chi connectivity index (χ1v) is 10.0. The minimum Gasteiger partial charge on any atom is -0.379 e. The summed E-state index contributed by atoms with van der Waals surface area (Å²) in [6, 6.07) is 1.93. The first kappa shape index (κ1) is 16.0. The number of hydrogen-bond acceptors (Lipinski definition) is 5. The van der Waals surface area contributed by atoms with Gasteiger partial charge in [0, 0.05) is 36.6 Å². The molecule has 0 aromatic carbocycles. The predicted octanol–water partition coefficient (Wildman–Crippen LogP) is 1.90. The lowest BCUT2D eigenvalue weighted by atomic mass is 9.49. The van der Waals surface area contributed by atoms with Gasteiger partial charge in [0.15, 0.2) is 5.79 Å². The van der Waals surface area contributed by atoms with E-state index in [1.807, 2.05) is 13.8 Å². The van der Waals surface area contributed by atoms with Gasteiger partial charge in [-0.25, -0.2) is 0 Å². The maximum atomic E-state index is 6.21. The monoisotopic (exact) mass is 336 g/mol. The molecule has 2 aliphatic heterocycles. The number of nitrogens with one attached hydrogen (secondary N) is 1. The lowest BCUT2D eigenvalue weighted by molar-refractivity contribution is -0.160. The lowest BCUT2D eigenvalue weighted by Crippen LogP contribution is -2.73. The molecule has 5 fully saturated rings. The van der Waals surface area contributed by atoms with Gasteiger partial charge in [0.05, 0.1) is 19.3 Å². The Morgan fingerprint density at radius 2 is 1.83 bits per heavy atom. The molecular formula is C19H32N2O3. The highest BCUT2D eigenvalue weighted by Crippen LogP contribution is 2.58. The highest BCUT2D eigenvalue weighted by Gasteiger charge is 2.61. The smallest absolute Gasteiger partial charge is 0.163 e. The fourth-order valence-electron chi connectivity index (χ4n) is 6.04. The van der Waals surface area contributed by atoms with E-state index in [2.05, 4.69) is 10.2 Å². The number of hydrogen-bond donors (Lipinski definition) is 1. The van der Waals surface area contributed by atoms with Gasteiger partial charge < -0.3 is 19.5 Å². The fraction of sp³-hybridized carbons (Fsp3) is 1.00. The molecule has 2 heterocycles. The Kier molecular flexibility index (Phi) is 3.77. The zero-order chi connectivity index (χ0) is 16.4. The van der Waals surface area contributed by atoms with Crippen molar-refractivity contribution in [3.63, 3.8) is 0 Å². The molecule has 1 unspecified atom stereocenters. The molecule has 0 amide bonds. The second-order valence-electron chi connectivity index (χ2n) is 9.03. The van der Waals surface area contributed by atoms with Crippen LogP contribution in [-0.2, 0) is 14.2 Å². The van der Waals surface area contributed by atoms with E-state index < -0.39 is 5.79 Å². The molecule has 1 N–H and O–H groups in total. The summed E-state index contributed by atoms with van der Waals surface area (Å²) in [6.45, 7) is 8.17. The van der Waals surface area contributed by atoms with Crippen molar-refractivity contribution < 1.29 is 14.2 Å². The normalized spacial score (nSPS) is 46.5. The molecule has 0 aromatic rings. The first-order valence-electron chi connectivity index (χ1n) is 10.0. The molecule has 0 aromatic heterocycles. The summed E-state index contributed by atoms with van der Waals surface area (Å²) in [5.41, 5.74) is 0.532. The van der Waals surface area contributed by atoms with Gasteiger partial charge in [0.2, 0.25) is 0 Å². The van der Waals surface area contributed by atoms with Crippen LogP contribution in [0.2, 0.25) is 0 Å². The van der Waals surface area contributed by atoms with E-state index in [9.17, 15) is 0 Å². The molecule has 5 aliphatic rings. The van der Waals surface area contributed by atoms with E-state index >= 15 is 0 Å². The van der Waals surface area contributed by atoms with Crippen LogP contribution >= 0.6 is 0 Å². The molecule has 3 saturated carbocycles. The summed E-state index contributed by atoms with van der Waals surface area (Å²) in [6.07, 6.45) is 8.38. The summed E-state index contributed by atoms with van der Waals surface area (Å²) in [5.74, 6) is -0.403. The second kappa shape index (κ2) is 5.65. The zero-order valence-corrected chi connectivity index (χ0v) is 15.1. The Morgan fingerprint density at radius 1 is 1.04 bits per heavy atom. The van der Waals surface area contributed by atoms with Crippen LogP contribution < -0.4 is 5.32 Å². The molecule has 2 saturated heterocycles. The molecule has 5 rings (SSSR count). The van der Waals surface area contributed by atoms with E-state index in [-0.39, 0.29) is 6.10 Å². The van der Waals surface area contributed by atoms with Crippen molar-refractivity contribution in [1.82, 2.24) is 10.2 Å². The average Bonchev–Trinajstić information content (AvgIpc) is 2.98. The summed E-state index contributed by atoms with van der Waals surface area (Å²) < 4.78 is 17.8. The standard InChI is InChI=1S/C19H32N2O3/c1-18(2)23-14-5-4-13(17(14)24-18)20-15-12-16(19(15)6-3-7-19)21-8-10-22-11-9-21/h13-17,20H,3-12H2,1-2H3/t13?,14-,15-,16-,17+/m1/s1. The average molecular weight is 336 g/mol. The molecule has 5 nitrogen and oxygen atoms in total. The van der Waals surface area contributed by atoms with Gasteiger partial charge in [-0.2, -0.15) is 0 Å². The third kappa shape index (κ3) is 2.39. The number of fused-ring (bicyclic) bond motifs is 1. The SMILES string of the molecule is CC1(C)O[C@@H]2CCC(N[C@@H]3C[C@@H](N4CCOCC4)C34CCC4)[C@@H]2O1. The Morgan fingerprint density at radius 3 is 2.54 bits per heavy atom. The number of morpholine rings is 1. The summed E-state index contributed by atoms with van der Waals surface area (Å²) in [7, 11) is 0. The van der Waals surface area contributed by atoms with Crippen LogP contribution in [0.1, 0.15) is 52.4 Å². The maximum absolute atomic E-state index is 6.21. The Balaban J connectivity index is 1.24. The molecule has 5 atom stereocenters. The van der Waals surface area contributed by atoms with Crippen LogP contribution in [0.4, 0.5) is 0 Å². The van der Waals surface area contributed by atoms with Crippen molar-refractivity contribution in [2.24, 2.45) is 5.41 Å². The third-order valence-corrected chi connectivity index (χ3v) is 7.38. The Hall–Kier alpha value is -0.200. The maximum Gasteiger partial charge on any atom is 0.163 e. The van der Waals surface area contributed by atoms with Crippen LogP contribution in [0.15, 0.2) is 0 Å². The van der Waals surface area contributed by atoms with Crippen LogP contribution in [0.3, 0.4) is 0 Å². The Bertz CT molecular complexity index is 487. The van der Waals surface area contributed by atoms with Gasteiger partial charge in [-0.05, 0) is 46.0 Å². The van der Waals surface area contributed by atoms with Crippen LogP contribution in [0, 0.1) is 5.41 Å². The third-order valence-electron chi connectivity index (χ3n) is 7.38. The quantitative estimate of drug-likeness (QED) is 0.853. The summed E-state index contributed by atoms with van der Waals surface area (Å²) in [4.78, 5) is 2.70. The van der Waals surface area contributed by atoms with Crippen LogP contribution in [0.25, 0.3) is 0 Å². The molecule has 0 bridgehead atoms. The van der Waals surface area contributed by atoms with Crippen molar-refractivity contribution in [2.45, 2.75) is 88.5 Å². The van der Waals surface area contributed by atoms with Crippen molar-refractivity contribution in [3.05, 3.63) is 0 Å². The number of nitrogens with zero attached hydrogens (tertiary/aromatic N) is 1. The summed E-state index contributed by atoms with van der Waals surface area (Å²) >= 11 is 0. The molecule has 136 valence electrons. The molecular weight excluding hydrogens is 304 g/mol. The van der Waals surface area contributed by atoms with Gasteiger partial charge in [0.1, 0.15) is 6.10 Å². The second-order valence-corrected chi connectivity index (χ2v) is 9.03. The number of ether oxygens (including phenoxy) is 3.